The highest BCUT2D eigenvalue weighted by Crippen LogP contribution is 2.20. The monoisotopic (exact) mass is 358 g/mol. The second kappa shape index (κ2) is 8.55. The molecule has 2 rings (SSSR count). The number of nitrogens with zero attached hydrogens (tertiary/aromatic N) is 5. The Morgan fingerprint density at radius 3 is 2.42 bits per heavy atom. The van der Waals surface area contributed by atoms with E-state index in [0.717, 1.165) is 23.1 Å². The summed E-state index contributed by atoms with van der Waals surface area (Å²) in [5, 5.41) is 10.5. The average molecular weight is 358 g/mol. The minimum Gasteiger partial charge on any atom is -0.444 e. The van der Waals surface area contributed by atoms with E-state index in [4.69, 9.17) is 4.74 Å². The van der Waals surface area contributed by atoms with E-state index >= 15 is 0 Å². The van der Waals surface area contributed by atoms with Crippen molar-refractivity contribution >= 4 is 12.0 Å². The summed E-state index contributed by atoms with van der Waals surface area (Å²) in [5.74, 6) is 0.630. The van der Waals surface area contributed by atoms with Crippen LogP contribution >= 0.6 is 0 Å². The van der Waals surface area contributed by atoms with E-state index in [2.05, 4.69) is 25.5 Å². The molecule has 0 aromatic carbocycles. The molecular formula is C18H26N6O2. The number of aromatic nitrogens is 4. The van der Waals surface area contributed by atoms with E-state index in [1.165, 1.54) is 0 Å². The first-order valence-electron chi connectivity index (χ1n) is 8.54. The van der Waals surface area contributed by atoms with Gasteiger partial charge in [0.15, 0.2) is 0 Å². The van der Waals surface area contributed by atoms with Crippen LogP contribution in [0, 0.1) is 6.92 Å². The summed E-state index contributed by atoms with van der Waals surface area (Å²) in [5.41, 5.74) is 2.41. The van der Waals surface area contributed by atoms with Crippen LogP contribution in [0.1, 0.15) is 32.8 Å². The van der Waals surface area contributed by atoms with Gasteiger partial charge in [0.25, 0.3) is 0 Å². The Labute approximate surface area is 154 Å². The van der Waals surface area contributed by atoms with Gasteiger partial charge >= 0.3 is 6.09 Å². The molecule has 1 N–H and O–H groups in total. The van der Waals surface area contributed by atoms with Crippen molar-refractivity contribution in [2.45, 2.75) is 39.7 Å². The number of anilines is 1. The number of carbonyl (C=O) groups excluding carboxylic acids is 1. The van der Waals surface area contributed by atoms with Crippen molar-refractivity contribution in [1.29, 1.82) is 0 Å². The lowest BCUT2D eigenvalue weighted by Crippen LogP contribution is -2.34. The molecule has 0 fully saturated rings. The Balaban J connectivity index is 1.82. The highest BCUT2D eigenvalue weighted by Gasteiger charge is 2.15. The van der Waals surface area contributed by atoms with Crippen LogP contribution < -0.4 is 10.2 Å². The Bertz CT molecular complexity index is 727. The number of nitrogens with one attached hydrogen (secondary N) is 1. The topological polar surface area (TPSA) is 93.1 Å². The number of aryl methyl sites for hydroxylation is 1. The number of ether oxygens (including phenoxy) is 1. The Morgan fingerprint density at radius 1 is 1.15 bits per heavy atom. The van der Waals surface area contributed by atoms with Crippen LogP contribution in [0.2, 0.25) is 0 Å². The molecule has 1 amide bonds. The van der Waals surface area contributed by atoms with E-state index < -0.39 is 11.7 Å². The minimum atomic E-state index is -0.487. The van der Waals surface area contributed by atoms with Crippen molar-refractivity contribution in [3.8, 4) is 11.1 Å². The number of alkyl carbamates (subject to hydrolysis) is 1. The first kappa shape index (κ1) is 19.6. The summed E-state index contributed by atoms with van der Waals surface area (Å²) in [6, 6.07) is 0. The van der Waals surface area contributed by atoms with E-state index in [0.29, 0.717) is 19.0 Å². The normalized spacial score (nSPS) is 11.1. The van der Waals surface area contributed by atoms with Crippen LogP contribution in [-0.2, 0) is 4.74 Å². The average Bonchev–Trinajstić information content (AvgIpc) is 2.57. The predicted octanol–water partition coefficient (Wildman–Crippen LogP) is 2.59. The lowest BCUT2D eigenvalue weighted by Gasteiger charge is -2.20. The fourth-order valence-corrected chi connectivity index (χ4v) is 2.26. The van der Waals surface area contributed by atoms with Gasteiger partial charge in [-0.3, -0.25) is 0 Å². The second-order valence-corrected chi connectivity index (χ2v) is 7.06. The molecule has 26 heavy (non-hydrogen) atoms. The zero-order chi connectivity index (χ0) is 19.2. The van der Waals surface area contributed by atoms with Crippen LogP contribution in [0.4, 0.5) is 10.7 Å². The number of carbonyl (C=O) groups is 1. The zero-order valence-electron chi connectivity index (χ0n) is 16.0. The molecule has 0 aliphatic rings. The van der Waals surface area contributed by atoms with Gasteiger partial charge < -0.3 is 15.0 Å². The summed E-state index contributed by atoms with van der Waals surface area (Å²) < 4.78 is 5.20. The number of rotatable bonds is 6. The third-order valence-electron chi connectivity index (χ3n) is 3.56. The third-order valence-corrected chi connectivity index (χ3v) is 3.56. The molecular weight excluding hydrogens is 332 g/mol. The highest BCUT2D eigenvalue weighted by molar-refractivity contribution is 5.67. The van der Waals surface area contributed by atoms with Crippen molar-refractivity contribution in [1.82, 2.24) is 25.5 Å². The Morgan fingerprint density at radius 2 is 1.81 bits per heavy atom. The first-order valence-corrected chi connectivity index (χ1v) is 8.54. The van der Waals surface area contributed by atoms with Crippen LogP contribution in [0.15, 0.2) is 24.8 Å². The molecule has 2 aromatic rings. The van der Waals surface area contributed by atoms with Gasteiger partial charge in [-0.25, -0.2) is 14.8 Å². The predicted molar refractivity (Wildman–Crippen MR) is 99.9 cm³/mol. The van der Waals surface area contributed by atoms with Crippen LogP contribution in [0.3, 0.4) is 0 Å². The van der Waals surface area contributed by atoms with Crippen LogP contribution in [0.5, 0.6) is 0 Å². The molecule has 8 nitrogen and oxygen atoms in total. The largest absolute Gasteiger partial charge is 0.444 e. The molecule has 0 aliphatic carbocycles. The maximum absolute atomic E-state index is 11.6. The zero-order valence-corrected chi connectivity index (χ0v) is 16.0. The molecule has 0 saturated carbocycles. The quantitative estimate of drug-likeness (QED) is 0.793. The fraction of sp³-hybridized carbons (Fsp3) is 0.500. The minimum absolute atomic E-state index is 0.401. The third kappa shape index (κ3) is 5.94. The second-order valence-electron chi connectivity index (χ2n) is 7.06. The smallest absolute Gasteiger partial charge is 0.407 e. The SMILES string of the molecule is Cc1cnncc1-c1cnc(N(C)CCCNC(=O)OC(C)(C)C)nc1. The van der Waals surface area contributed by atoms with Gasteiger partial charge in [-0.15, -0.1) is 0 Å². The van der Waals surface area contributed by atoms with Crippen molar-refractivity contribution in [2.75, 3.05) is 25.0 Å². The standard InChI is InChI=1S/C18H26N6O2/c1-13-9-22-23-12-15(13)14-10-20-16(21-11-14)24(5)8-6-7-19-17(25)26-18(2,3)4/h9-12H,6-8H2,1-5H3,(H,19,25). The molecule has 2 heterocycles. The summed E-state index contributed by atoms with van der Waals surface area (Å²) in [4.78, 5) is 22.4. The maximum Gasteiger partial charge on any atom is 0.407 e. The molecule has 2 aromatic heterocycles. The van der Waals surface area contributed by atoms with Gasteiger partial charge in [0.05, 0.1) is 12.4 Å². The molecule has 0 spiro atoms. The summed E-state index contributed by atoms with van der Waals surface area (Å²) in [7, 11) is 1.92. The summed E-state index contributed by atoms with van der Waals surface area (Å²) in [6.07, 6.45) is 7.34. The lowest BCUT2D eigenvalue weighted by molar-refractivity contribution is 0.0527. The van der Waals surface area contributed by atoms with E-state index in [1.807, 2.05) is 39.6 Å². The van der Waals surface area contributed by atoms with Crippen molar-refractivity contribution in [3.05, 3.63) is 30.4 Å². The first-order chi connectivity index (χ1) is 12.3. The Kier molecular flexibility index (Phi) is 6.43. The summed E-state index contributed by atoms with van der Waals surface area (Å²) in [6.45, 7) is 8.73. The van der Waals surface area contributed by atoms with Crippen molar-refractivity contribution in [2.24, 2.45) is 0 Å². The lowest BCUT2D eigenvalue weighted by atomic mass is 10.1. The number of hydrogen-bond acceptors (Lipinski definition) is 7. The molecule has 0 bridgehead atoms. The van der Waals surface area contributed by atoms with E-state index in [1.54, 1.807) is 24.8 Å². The van der Waals surface area contributed by atoms with Crippen molar-refractivity contribution < 1.29 is 9.53 Å². The molecule has 0 radical (unpaired) electrons. The number of hydrogen-bond donors (Lipinski definition) is 1. The fourth-order valence-electron chi connectivity index (χ4n) is 2.26. The molecule has 0 atom stereocenters. The van der Waals surface area contributed by atoms with Crippen molar-refractivity contribution in [3.63, 3.8) is 0 Å². The summed E-state index contributed by atoms with van der Waals surface area (Å²) >= 11 is 0. The molecule has 0 unspecified atom stereocenters. The molecule has 8 heteroatoms. The van der Waals surface area contributed by atoms with Gasteiger partial charge in [-0.2, -0.15) is 10.2 Å². The van der Waals surface area contributed by atoms with E-state index in [-0.39, 0.29) is 0 Å². The highest BCUT2D eigenvalue weighted by atomic mass is 16.6. The van der Waals surface area contributed by atoms with Gasteiger partial charge in [0, 0.05) is 43.7 Å². The maximum atomic E-state index is 11.6. The van der Waals surface area contributed by atoms with E-state index in [9.17, 15) is 4.79 Å². The van der Waals surface area contributed by atoms with Crippen LogP contribution in [-0.4, -0.2) is 52.0 Å². The van der Waals surface area contributed by atoms with Gasteiger partial charge in [0.2, 0.25) is 5.95 Å². The molecule has 0 aliphatic heterocycles. The molecule has 0 saturated heterocycles. The molecule has 140 valence electrons. The van der Waals surface area contributed by atoms with Gasteiger partial charge in [-0.1, -0.05) is 0 Å². The number of amides is 1. The van der Waals surface area contributed by atoms with Crippen LogP contribution in [0.25, 0.3) is 11.1 Å². The van der Waals surface area contributed by atoms with Gasteiger partial charge in [-0.05, 0) is 39.7 Å². The van der Waals surface area contributed by atoms with Gasteiger partial charge in [0.1, 0.15) is 5.60 Å². The Hall–Kier alpha value is -2.77.